The maximum Gasteiger partial charge on any atom is 0.573 e. The lowest BCUT2D eigenvalue weighted by atomic mass is 10.0. The molecule has 9 aromatic carbocycles. The summed E-state index contributed by atoms with van der Waals surface area (Å²) in [5, 5.41) is 7.38. The molecule has 3 aromatic heterocycles. The number of hydrogen-bond acceptors (Lipinski definition) is 13. The normalized spacial score (nSPS) is 14.6. The summed E-state index contributed by atoms with van der Waals surface area (Å²) in [5.41, 5.74) is 20.9. The quantitative estimate of drug-likeness (QED) is 0.0251. The van der Waals surface area contributed by atoms with Gasteiger partial charge in [-0.05, 0) is 175 Å². The van der Waals surface area contributed by atoms with Crippen LogP contribution in [0.15, 0.2) is 201 Å². The number of fused-ring (bicyclic) bond motifs is 3. The van der Waals surface area contributed by atoms with Gasteiger partial charge in [-0.3, -0.25) is 34.2 Å². The first-order valence-corrected chi connectivity index (χ1v) is 44.5. The first-order chi connectivity index (χ1) is 61.0. The number of aryl methyl sites for hydroxylation is 3. The van der Waals surface area contributed by atoms with Gasteiger partial charge >= 0.3 is 19.1 Å². The number of ether oxygens (including phenoxy) is 4. The van der Waals surface area contributed by atoms with Gasteiger partial charge in [0.2, 0.25) is 0 Å². The number of carbonyl (C=O) groups excluding carboxylic acids is 2. The minimum Gasteiger partial charge on any atom is -0.471 e. The van der Waals surface area contributed by atoms with Crippen LogP contribution in [0.2, 0.25) is 30.1 Å². The van der Waals surface area contributed by atoms with E-state index in [1.807, 2.05) is 60.8 Å². The minimum absolute atomic E-state index is 0. The molecule has 0 saturated carbocycles. The van der Waals surface area contributed by atoms with E-state index in [1.54, 1.807) is 36.4 Å². The summed E-state index contributed by atoms with van der Waals surface area (Å²) >= 11 is 38.3. The number of piperazine rings is 3. The van der Waals surface area contributed by atoms with Gasteiger partial charge in [-0.2, -0.15) is 0 Å². The van der Waals surface area contributed by atoms with Crippen LogP contribution < -0.4 is 19.9 Å². The Morgan fingerprint density at radius 2 is 0.617 bits per heavy atom. The molecule has 0 amide bonds. The predicted octanol–water partition coefficient (Wildman–Crippen LogP) is 24.8. The summed E-state index contributed by atoms with van der Waals surface area (Å²) in [6.45, 7) is 21.2. The van der Waals surface area contributed by atoms with Crippen LogP contribution in [-0.2, 0) is 73.2 Å². The van der Waals surface area contributed by atoms with Crippen LogP contribution in [0, 0.1) is 0 Å². The summed E-state index contributed by atoms with van der Waals surface area (Å²) in [5.74, 6) is -0.704. The van der Waals surface area contributed by atoms with Crippen molar-refractivity contribution in [1.82, 2.24) is 43.1 Å². The highest BCUT2D eigenvalue weighted by Crippen LogP contribution is 2.40. The Kier molecular flexibility index (Phi) is 36.7. The van der Waals surface area contributed by atoms with Crippen LogP contribution in [-0.4, -0.2) is 167 Å². The van der Waals surface area contributed by atoms with E-state index in [0.717, 1.165) is 265 Å². The molecule has 12 aromatic rings. The summed E-state index contributed by atoms with van der Waals surface area (Å²) in [6, 6.07) is 54.5. The van der Waals surface area contributed by atoms with Gasteiger partial charge in [0, 0.05) is 259 Å². The molecule has 0 bridgehead atoms. The van der Waals surface area contributed by atoms with Crippen LogP contribution in [0.25, 0.3) is 66.1 Å². The molecule has 31 heteroatoms. The Balaban J connectivity index is 0.000000181. The van der Waals surface area contributed by atoms with Crippen molar-refractivity contribution >= 4 is 115 Å². The summed E-state index contributed by atoms with van der Waals surface area (Å²) in [7, 11) is 1.31. The highest BCUT2D eigenvalue weighted by molar-refractivity contribution is 6.37. The average molecular weight is 1890 g/mol. The molecule has 6 heterocycles. The third-order valence-corrected chi connectivity index (χ3v) is 24.8. The van der Waals surface area contributed by atoms with Crippen molar-refractivity contribution in [2.75, 3.05) is 92.2 Å². The number of rotatable bonds is 31. The fraction of sp³-hybridized carbons (Fsp3) is 0.361. The zero-order chi connectivity index (χ0) is 90.4. The first-order valence-electron chi connectivity index (χ1n) is 42.2. The van der Waals surface area contributed by atoms with E-state index >= 15 is 0 Å². The molecule has 3 fully saturated rings. The lowest BCUT2D eigenvalue weighted by Crippen LogP contribution is -2.45. The molecule has 15 rings (SSSR count). The predicted molar refractivity (Wildman–Crippen MR) is 496 cm³/mol. The van der Waals surface area contributed by atoms with Crippen molar-refractivity contribution in [3.63, 3.8) is 0 Å². The molecule has 0 aliphatic carbocycles. The number of benzene rings is 9. The highest BCUT2D eigenvalue weighted by Gasteiger charge is 2.34. The maximum atomic E-state index is 12.7. The molecule has 0 spiro atoms. The fourth-order valence-electron chi connectivity index (χ4n) is 16.2. The highest BCUT2D eigenvalue weighted by atomic mass is 35.5. The number of halogens is 15. The molecule has 3 aliphatic heterocycles. The number of nitrogens with two attached hydrogens (primary N) is 1. The lowest BCUT2D eigenvalue weighted by molar-refractivity contribution is -0.275. The maximum absolute atomic E-state index is 12.7. The van der Waals surface area contributed by atoms with Crippen molar-refractivity contribution in [1.29, 1.82) is 0 Å². The molecule has 2 N–H and O–H groups in total. The molecule has 128 heavy (non-hydrogen) atoms. The first kappa shape index (κ1) is 99.5. The average Bonchev–Trinajstić information content (AvgIpc) is 1.65. The monoisotopic (exact) mass is 1890 g/mol. The topological polar surface area (TPSA) is 131 Å². The molecule has 0 atom stereocenters. The molecule has 3 aliphatic rings. The van der Waals surface area contributed by atoms with Crippen molar-refractivity contribution in [2.24, 2.45) is 5.73 Å². The molecule has 16 nitrogen and oxygen atoms in total. The van der Waals surface area contributed by atoms with E-state index in [0.29, 0.717) is 49.6 Å². The van der Waals surface area contributed by atoms with E-state index in [4.69, 9.17) is 80.1 Å². The number of nitrogens with zero attached hydrogens (tertiary/aromatic N) is 9. The van der Waals surface area contributed by atoms with Gasteiger partial charge in [0.15, 0.2) is 0 Å². The lowest BCUT2D eigenvalue weighted by Gasteiger charge is -2.35. The smallest absolute Gasteiger partial charge is 0.471 e. The molecular formula is C97H105Cl6F9N10O6. The van der Waals surface area contributed by atoms with Gasteiger partial charge in [0.25, 0.3) is 6.47 Å². The van der Waals surface area contributed by atoms with E-state index in [9.17, 15) is 44.3 Å². The van der Waals surface area contributed by atoms with E-state index in [-0.39, 0.29) is 24.7 Å². The van der Waals surface area contributed by atoms with E-state index in [2.05, 4.69) is 136 Å². The number of alkyl halides is 9. The Labute approximate surface area is 771 Å². The summed E-state index contributed by atoms with van der Waals surface area (Å²) in [6.07, 6.45) is -0.644. The van der Waals surface area contributed by atoms with Crippen LogP contribution in [0.1, 0.15) is 92.7 Å². The summed E-state index contributed by atoms with van der Waals surface area (Å²) < 4.78 is 137. The Bertz CT molecular complexity index is 5520. The molecule has 0 unspecified atom stereocenters. The molecule has 3 saturated heterocycles. The third-order valence-electron chi connectivity index (χ3n) is 22.6. The number of hydrogen-bond donors (Lipinski definition) is 1. The number of methoxy groups -OCH3 is 1. The Morgan fingerprint density at radius 3 is 0.859 bits per heavy atom. The van der Waals surface area contributed by atoms with Crippen molar-refractivity contribution in [2.45, 2.75) is 137 Å². The standard InChI is InChI=1S/C32H32Cl2F3N3O2.C32H34Cl2F3N3O.C30H31Cl2F3N4O.C2H4O2.CH4/c33-29-5-4-6-30(34)28(29)21-39-16-14-38(15-17-39)20-23-7-12-31-26(19-23)27(22-40(31)13-2-1-3-18-41)24-8-10-25(11-9-24)42-32(35,36)37;1-2-3-4-14-40-22-27(24-9-11-25(12-10-24)41-32(35,36)37)26-19-23(8-13-31(26)40)20-38-15-17-39(18-16-38)21-28-29(33)6-5-7-30(28)34;31-27-3-1-4-28(32)26(27)19-38-15-13-37(14-16-38)18-21-5-10-29-24(17-21)25(20-39(29)12-2-11-36)22-6-8-23(9-7-22)40-30(33,34)35;1-4-2-3;/h4-12,18-19,22H,1-3,13-17,20-21H2;5-13,19,22H,2-4,14-18,20-21H2,1H3;1,3-10,17,20H,2,11-16,18-19,36H2;2H,1H3;1H4. The van der Waals surface area contributed by atoms with Crippen LogP contribution >= 0.6 is 69.6 Å². The SMILES string of the molecule is C.CCCCCn1cc(-c2ccc(OC(F)(F)F)cc2)c2cc(CN3CCN(Cc4c(Cl)cccc4Cl)CC3)ccc21.COC=O.NCCCn1cc(-c2ccc(OC(F)(F)F)cc2)c2cc(CN3CCN(Cc4c(Cl)cccc4Cl)CC3)ccc21.O=CCCCCn1cc(-c2ccc(OC(F)(F)F)cc2)c2cc(CN3CCN(Cc4c(Cl)cccc4Cl)CC3)ccc21. The zero-order valence-corrected chi connectivity index (χ0v) is 75.0. The number of carbonyl (C=O) groups is 2. The molecular weight excluding hydrogens is 1780 g/mol. The summed E-state index contributed by atoms with van der Waals surface area (Å²) in [4.78, 5) is 34.1. The minimum atomic E-state index is -4.74. The number of aldehydes is 1. The van der Waals surface area contributed by atoms with Crippen molar-refractivity contribution in [3.8, 4) is 50.6 Å². The largest absolute Gasteiger partial charge is 0.573 e. The van der Waals surface area contributed by atoms with Crippen LogP contribution in [0.3, 0.4) is 0 Å². The van der Waals surface area contributed by atoms with Gasteiger partial charge in [-0.1, -0.05) is 170 Å². The Morgan fingerprint density at radius 1 is 0.359 bits per heavy atom. The third kappa shape index (κ3) is 28.5. The second-order valence-electron chi connectivity index (χ2n) is 31.6. The number of aromatic nitrogens is 3. The van der Waals surface area contributed by atoms with E-state index in [1.165, 1.54) is 60.2 Å². The van der Waals surface area contributed by atoms with Gasteiger partial charge < -0.3 is 43.2 Å². The molecule has 0 radical (unpaired) electrons. The number of unbranched alkanes of at least 4 members (excludes halogenated alkanes) is 4. The Hall–Kier alpha value is -9.03. The van der Waals surface area contributed by atoms with Gasteiger partial charge in [0.05, 0.1) is 7.11 Å². The van der Waals surface area contributed by atoms with Crippen LogP contribution in [0.4, 0.5) is 39.5 Å². The fourth-order valence-corrected chi connectivity index (χ4v) is 17.7. The van der Waals surface area contributed by atoms with E-state index < -0.39 is 19.1 Å². The second kappa shape index (κ2) is 47.2. The van der Waals surface area contributed by atoms with Gasteiger partial charge in [-0.25, -0.2) is 0 Å². The van der Waals surface area contributed by atoms with Crippen LogP contribution in [0.5, 0.6) is 17.2 Å². The molecule has 684 valence electrons. The van der Waals surface area contributed by atoms with Gasteiger partial charge in [0.1, 0.15) is 23.5 Å². The zero-order valence-electron chi connectivity index (χ0n) is 70.4. The van der Waals surface area contributed by atoms with Gasteiger partial charge in [-0.15, -0.1) is 39.5 Å². The second-order valence-corrected chi connectivity index (χ2v) is 34.0. The van der Waals surface area contributed by atoms with Crippen molar-refractivity contribution in [3.05, 3.63) is 264 Å². The van der Waals surface area contributed by atoms with Crippen molar-refractivity contribution < 1.29 is 68.1 Å².